The molecule has 2 rings (SSSR count). The number of unbranched alkanes of at least 4 members (excludes halogenated alkanes) is 1. The van der Waals surface area contributed by atoms with Crippen molar-refractivity contribution < 1.29 is 9.18 Å². The minimum atomic E-state index is -0.336. The van der Waals surface area contributed by atoms with E-state index in [0.717, 1.165) is 12.8 Å². The third kappa shape index (κ3) is 5.53. The van der Waals surface area contributed by atoms with Crippen LogP contribution in [-0.2, 0) is 0 Å². The van der Waals surface area contributed by atoms with Crippen molar-refractivity contribution in [2.45, 2.75) is 12.8 Å². The Morgan fingerprint density at radius 2 is 2.00 bits per heavy atom. The van der Waals surface area contributed by atoms with Crippen LogP contribution in [0.2, 0.25) is 0 Å². The highest BCUT2D eigenvalue weighted by atomic mass is 35.5. The van der Waals surface area contributed by atoms with Crippen LogP contribution in [0, 0.1) is 5.82 Å². The van der Waals surface area contributed by atoms with Gasteiger partial charge in [0.05, 0.1) is 0 Å². The van der Waals surface area contributed by atoms with E-state index in [1.54, 1.807) is 23.6 Å². The van der Waals surface area contributed by atoms with Crippen molar-refractivity contribution in [1.82, 2.24) is 10.3 Å². The predicted octanol–water partition coefficient (Wildman–Crippen LogP) is 3.26. The summed E-state index contributed by atoms with van der Waals surface area (Å²) >= 11 is 1.26. The zero-order valence-corrected chi connectivity index (χ0v) is 14.2. The number of carbonyl (C=O) groups is 1. The predicted molar refractivity (Wildman–Crippen MR) is 92.6 cm³/mol. The van der Waals surface area contributed by atoms with Gasteiger partial charge in [0.25, 0.3) is 5.91 Å². The highest BCUT2D eigenvalue weighted by molar-refractivity contribution is 7.13. The third-order valence-corrected chi connectivity index (χ3v) is 3.63. The van der Waals surface area contributed by atoms with Crippen molar-refractivity contribution in [3.63, 3.8) is 0 Å². The number of halogens is 3. The van der Waals surface area contributed by atoms with Crippen LogP contribution in [-0.4, -0.2) is 24.0 Å². The molecule has 0 aliphatic carbocycles. The van der Waals surface area contributed by atoms with E-state index in [-0.39, 0.29) is 36.5 Å². The molecule has 0 saturated heterocycles. The van der Waals surface area contributed by atoms with E-state index in [9.17, 15) is 9.18 Å². The minimum absolute atomic E-state index is 0. The van der Waals surface area contributed by atoms with Gasteiger partial charge in [-0.3, -0.25) is 4.79 Å². The molecule has 0 radical (unpaired) electrons. The molecule has 0 saturated carbocycles. The van der Waals surface area contributed by atoms with Crippen LogP contribution in [0.25, 0.3) is 10.6 Å². The van der Waals surface area contributed by atoms with E-state index >= 15 is 0 Å². The topological polar surface area (TPSA) is 68.0 Å². The molecule has 8 heteroatoms. The van der Waals surface area contributed by atoms with Crippen LogP contribution in [0.1, 0.15) is 23.3 Å². The van der Waals surface area contributed by atoms with Gasteiger partial charge in [0.2, 0.25) is 0 Å². The quantitative estimate of drug-likeness (QED) is 0.771. The number of aromatic nitrogens is 1. The second-order valence-electron chi connectivity index (χ2n) is 4.27. The van der Waals surface area contributed by atoms with Gasteiger partial charge >= 0.3 is 0 Å². The number of rotatable bonds is 6. The maximum absolute atomic E-state index is 13.6. The molecule has 1 aromatic heterocycles. The van der Waals surface area contributed by atoms with Crippen LogP contribution in [0.15, 0.2) is 29.6 Å². The summed E-state index contributed by atoms with van der Waals surface area (Å²) in [5.74, 6) is -0.572. The molecular formula is C14H18Cl2FN3OS. The van der Waals surface area contributed by atoms with E-state index in [1.807, 2.05) is 0 Å². The largest absolute Gasteiger partial charge is 0.351 e. The molecule has 1 amide bonds. The minimum Gasteiger partial charge on any atom is -0.351 e. The van der Waals surface area contributed by atoms with Crippen LogP contribution in [0.4, 0.5) is 4.39 Å². The number of nitrogens with one attached hydrogen (secondary N) is 1. The Morgan fingerprint density at radius 1 is 1.27 bits per heavy atom. The summed E-state index contributed by atoms with van der Waals surface area (Å²) in [6.07, 6.45) is 1.71. The zero-order chi connectivity index (χ0) is 14.4. The molecule has 0 unspecified atom stereocenters. The molecule has 0 aliphatic heterocycles. The first-order valence-corrected chi connectivity index (χ1v) is 7.29. The Hall–Kier alpha value is -1.21. The molecule has 22 heavy (non-hydrogen) atoms. The molecule has 122 valence electrons. The van der Waals surface area contributed by atoms with Gasteiger partial charge in [0, 0.05) is 17.5 Å². The second kappa shape index (κ2) is 10.5. The van der Waals surface area contributed by atoms with Gasteiger partial charge in [-0.25, -0.2) is 9.37 Å². The molecule has 4 nitrogen and oxygen atoms in total. The van der Waals surface area contributed by atoms with Crippen molar-refractivity contribution in [3.05, 3.63) is 41.2 Å². The summed E-state index contributed by atoms with van der Waals surface area (Å²) in [7, 11) is 0. The number of carbonyl (C=O) groups excluding carboxylic acids is 1. The van der Waals surface area contributed by atoms with Crippen molar-refractivity contribution in [3.8, 4) is 10.6 Å². The molecule has 0 spiro atoms. The fourth-order valence-electron chi connectivity index (χ4n) is 1.70. The molecule has 2 aromatic rings. The van der Waals surface area contributed by atoms with E-state index < -0.39 is 0 Å². The summed E-state index contributed by atoms with van der Waals surface area (Å²) in [5.41, 5.74) is 6.12. The fraction of sp³-hybridized carbons (Fsp3) is 0.286. The van der Waals surface area contributed by atoms with Gasteiger partial charge in [-0.1, -0.05) is 12.1 Å². The Kier molecular flexibility index (Phi) is 9.93. The lowest BCUT2D eigenvalue weighted by Gasteiger charge is -2.01. The lowest BCUT2D eigenvalue weighted by Crippen LogP contribution is -2.25. The van der Waals surface area contributed by atoms with Gasteiger partial charge in [-0.05, 0) is 31.5 Å². The monoisotopic (exact) mass is 365 g/mol. The summed E-state index contributed by atoms with van der Waals surface area (Å²) in [6, 6.07) is 6.39. The first-order valence-electron chi connectivity index (χ1n) is 6.41. The maximum atomic E-state index is 13.6. The van der Waals surface area contributed by atoms with E-state index in [4.69, 9.17) is 5.73 Å². The number of amides is 1. The summed E-state index contributed by atoms with van der Waals surface area (Å²) in [6.45, 7) is 1.19. The molecule has 0 atom stereocenters. The van der Waals surface area contributed by atoms with Crippen LogP contribution >= 0.6 is 36.2 Å². The Morgan fingerprint density at radius 3 is 2.68 bits per heavy atom. The normalized spacial score (nSPS) is 9.55. The second-order valence-corrected chi connectivity index (χ2v) is 5.13. The number of hydrogen-bond donors (Lipinski definition) is 2. The third-order valence-electron chi connectivity index (χ3n) is 2.76. The van der Waals surface area contributed by atoms with Crippen molar-refractivity contribution >= 4 is 42.1 Å². The number of hydrogen-bond acceptors (Lipinski definition) is 4. The lowest BCUT2D eigenvalue weighted by atomic mass is 10.2. The van der Waals surface area contributed by atoms with Crippen molar-refractivity contribution in [1.29, 1.82) is 0 Å². The molecule has 0 bridgehead atoms. The number of nitrogens with two attached hydrogens (primary N) is 1. The summed E-state index contributed by atoms with van der Waals surface area (Å²) in [4.78, 5) is 16.0. The first kappa shape index (κ1) is 20.8. The lowest BCUT2D eigenvalue weighted by molar-refractivity contribution is 0.0949. The molecule has 1 aromatic carbocycles. The Balaban J connectivity index is 0.00000220. The maximum Gasteiger partial charge on any atom is 0.270 e. The molecular weight excluding hydrogens is 348 g/mol. The Labute approximate surface area is 145 Å². The zero-order valence-electron chi connectivity index (χ0n) is 11.8. The average Bonchev–Trinajstić information content (AvgIpc) is 2.93. The van der Waals surface area contributed by atoms with E-state index in [1.165, 1.54) is 17.4 Å². The fourth-order valence-corrected chi connectivity index (χ4v) is 2.52. The molecule has 0 fully saturated rings. The molecule has 3 N–H and O–H groups in total. The van der Waals surface area contributed by atoms with Crippen LogP contribution in [0.3, 0.4) is 0 Å². The SMILES string of the molecule is Cl.Cl.NCCCCNC(=O)c1csc(-c2ccccc2F)n1. The van der Waals surface area contributed by atoms with E-state index in [0.29, 0.717) is 29.4 Å². The summed E-state index contributed by atoms with van der Waals surface area (Å²) < 4.78 is 13.6. The van der Waals surface area contributed by atoms with Crippen molar-refractivity contribution in [2.75, 3.05) is 13.1 Å². The molecule has 1 heterocycles. The Bertz CT molecular complexity index is 595. The highest BCUT2D eigenvalue weighted by Crippen LogP contribution is 2.25. The smallest absolute Gasteiger partial charge is 0.270 e. The van der Waals surface area contributed by atoms with Gasteiger partial charge < -0.3 is 11.1 Å². The van der Waals surface area contributed by atoms with Crippen LogP contribution in [0.5, 0.6) is 0 Å². The van der Waals surface area contributed by atoms with Gasteiger partial charge in [0.15, 0.2) is 0 Å². The highest BCUT2D eigenvalue weighted by Gasteiger charge is 2.13. The average molecular weight is 366 g/mol. The number of benzene rings is 1. The summed E-state index contributed by atoms with van der Waals surface area (Å²) in [5, 5.41) is 4.92. The van der Waals surface area contributed by atoms with E-state index in [2.05, 4.69) is 10.3 Å². The standard InChI is InChI=1S/C14H16FN3OS.2ClH/c15-11-6-2-1-5-10(11)14-18-12(9-20-14)13(19)17-8-4-3-7-16;;/h1-2,5-6,9H,3-4,7-8,16H2,(H,17,19);2*1H. The first-order chi connectivity index (χ1) is 9.72. The molecule has 0 aliphatic rings. The van der Waals surface area contributed by atoms with Crippen molar-refractivity contribution in [2.24, 2.45) is 5.73 Å². The number of thiazole rings is 1. The van der Waals surface area contributed by atoms with Crippen LogP contribution < -0.4 is 11.1 Å². The number of nitrogens with zero attached hydrogens (tertiary/aromatic N) is 1. The van der Waals surface area contributed by atoms with Gasteiger partial charge in [-0.2, -0.15) is 0 Å². The van der Waals surface area contributed by atoms with Gasteiger partial charge in [-0.15, -0.1) is 36.2 Å². The van der Waals surface area contributed by atoms with Gasteiger partial charge in [0.1, 0.15) is 16.5 Å².